The first-order valence-corrected chi connectivity index (χ1v) is 8.79. The normalized spacial score (nSPS) is 25.6. The van der Waals surface area contributed by atoms with Crippen molar-refractivity contribution < 1.29 is 9.53 Å². The van der Waals surface area contributed by atoms with Crippen LogP contribution in [0.4, 0.5) is 5.69 Å². The van der Waals surface area contributed by atoms with E-state index in [-0.39, 0.29) is 17.2 Å². The summed E-state index contributed by atoms with van der Waals surface area (Å²) in [5.74, 6) is 0.0473. The molecular formula is C19H24N4O2. The molecule has 0 bridgehead atoms. The highest BCUT2D eigenvalue weighted by Crippen LogP contribution is 2.39. The second-order valence-electron chi connectivity index (χ2n) is 7.17. The fourth-order valence-corrected chi connectivity index (χ4v) is 3.91. The summed E-state index contributed by atoms with van der Waals surface area (Å²) in [7, 11) is 0. The maximum absolute atomic E-state index is 12.8. The Labute approximate surface area is 147 Å². The molecule has 6 nitrogen and oxygen atoms in total. The molecule has 1 aromatic carbocycles. The van der Waals surface area contributed by atoms with Crippen LogP contribution in [0.5, 0.6) is 0 Å². The molecule has 2 unspecified atom stereocenters. The number of benzene rings is 1. The molecule has 25 heavy (non-hydrogen) atoms. The van der Waals surface area contributed by atoms with Crippen molar-refractivity contribution in [2.75, 3.05) is 31.6 Å². The fraction of sp³-hybridized carbons (Fsp3) is 0.474. The van der Waals surface area contributed by atoms with Crippen LogP contribution in [0.1, 0.15) is 17.8 Å². The number of carbonyl (C=O) groups excluding carboxylic acids is 1. The van der Waals surface area contributed by atoms with Crippen LogP contribution in [0.25, 0.3) is 5.69 Å². The van der Waals surface area contributed by atoms with Gasteiger partial charge in [0.15, 0.2) is 0 Å². The van der Waals surface area contributed by atoms with Gasteiger partial charge in [0.05, 0.1) is 24.5 Å². The molecule has 1 spiro atoms. The smallest absolute Gasteiger partial charge is 0.229 e. The first-order valence-electron chi connectivity index (χ1n) is 8.79. The van der Waals surface area contributed by atoms with Crippen molar-refractivity contribution in [3.63, 3.8) is 0 Å². The van der Waals surface area contributed by atoms with Crippen molar-refractivity contribution in [1.29, 1.82) is 0 Å². The summed E-state index contributed by atoms with van der Waals surface area (Å²) in [5, 5.41) is 6.43. The van der Waals surface area contributed by atoms with Crippen LogP contribution >= 0.6 is 0 Å². The molecule has 2 saturated heterocycles. The lowest BCUT2D eigenvalue weighted by Gasteiger charge is -2.27. The molecule has 2 aliphatic rings. The first-order chi connectivity index (χ1) is 12.1. The molecule has 2 aromatic rings. The minimum absolute atomic E-state index is 0.0323. The van der Waals surface area contributed by atoms with Gasteiger partial charge in [0.1, 0.15) is 0 Å². The number of aromatic nitrogens is 2. The summed E-state index contributed by atoms with van der Waals surface area (Å²) in [5.41, 5.74) is 3.98. The predicted molar refractivity (Wildman–Crippen MR) is 95.9 cm³/mol. The standard InChI is InChI=1S/C19H24N4O2/c1-13-14(2)23(12-21-13)16-5-3-15(4-6-16)22-18(24)17-9-20-10-19(17)7-8-25-11-19/h3-6,12,17,20H,7-11H2,1-2H3,(H,22,24). The van der Waals surface area contributed by atoms with E-state index in [1.54, 1.807) is 0 Å². The molecule has 0 saturated carbocycles. The summed E-state index contributed by atoms with van der Waals surface area (Å²) in [4.78, 5) is 17.1. The van der Waals surface area contributed by atoms with Crippen molar-refractivity contribution in [2.45, 2.75) is 20.3 Å². The van der Waals surface area contributed by atoms with Gasteiger partial charge in [-0.2, -0.15) is 0 Å². The molecule has 6 heteroatoms. The third-order valence-corrected chi connectivity index (χ3v) is 5.68. The Bertz CT molecular complexity index is 770. The summed E-state index contributed by atoms with van der Waals surface area (Å²) in [6, 6.07) is 7.90. The molecule has 132 valence electrons. The fourth-order valence-electron chi connectivity index (χ4n) is 3.91. The Hall–Kier alpha value is -2.18. The molecule has 1 amide bonds. The molecular weight excluding hydrogens is 316 g/mol. The molecule has 0 aliphatic carbocycles. The van der Waals surface area contributed by atoms with Crippen LogP contribution in [0.2, 0.25) is 0 Å². The zero-order valence-corrected chi connectivity index (χ0v) is 14.7. The molecule has 2 atom stereocenters. The third-order valence-electron chi connectivity index (χ3n) is 5.68. The Morgan fingerprint density at radius 2 is 2.16 bits per heavy atom. The molecule has 4 rings (SSSR count). The van der Waals surface area contributed by atoms with Crippen LogP contribution in [-0.4, -0.2) is 41.8 Å². The zero-order valence-electron chi connectivity index (χ0n) is 14.7. The second-order valence-corrected chi connectivity index (χ2v) is 7.17. The summed E-state index contributed by atoms with van der Waals surface area (Å²) >= 11 is 0. The third kappa shape index (κ3) is 2.85. The number of aryl methyl sites for hydroxylation is 1. The van der Waals surface area contributed by atoms with Gasteiger partial charge in [-0.3, -0.25) is 4.79 Å². The van der Waals surface area contributed by atoms with Crippen molar-refractivity contribution in [3.05, 3.63) is 42.0 Å². The Morgan fingerprint density at radius 3 is 2.80 bits per heavy atom. The van der Waals surface area contributed by atoms with Crippen LogP contribution < -0.4 is 10.6 Å². The zero-order chi connectivity index (χ0) is 17.4. The lowest BCUT2D eigenvalue weighted by Crippen LogP contribution is -2.38. The van der Waals surface area contributed by atoms with Crippen LogP contribution in [-0.2, 0) is 9.53 Å². The van der Waals surface area contributed by atoms with Crippen molar-refractivity contribution >= 4 is 11.6 Å². The van der Waals surface area contributed by atoms with E-state index in [1.165, 1.54) is 0 Å². The van der Waals surface area contributed by atoms with Gasteiger partial charge in [0, 0.05) is 42.2 Å². The molecule has 2 N–H and O–H groups in total. The number of hydrogen-bond acceptors (Lipinski definition) is 4. The van der Waals surface area contributed by atoms with Crippen LogP contribution in [0, 0.1) is 25.2 Å². The lowest BCUT2D eigenvalue weighted by atomic mass is 9.77. The van der Waals surface area contributed by atoms with Gasteiger partial charge < -0.3 is 19.9 Å². The number of ether oxygens (including phenoxy) is 1. The summed E-state index contributed by atoms with van der Waals surface area (Å²) in [6.45, 7) is 7.07. The molecule has 2 aliphatic heterocycles. The molecule has 3 heterocycles. The number of amides is 1. The largest absolute Gasteiger partial charge is 0.381 e. The molecule has 1 aromatic heterocycles. The van der Waals surface area contributed by atoms with Gasteiger partial charge in [-0.25, -0.2) is 4.98 Å². The van der Waals surface area contributed by atoms with Crippen molar-refractivity contribution in [1.82, 2.24) is 14.9 Å². The van der Waals surface area contributed by atoms with E-state index in [4.69, 9.17) is 4.74 Å². The predicted octanol–water partition coefficient (Wildman–Crippen LogP) is 2.05. The van der Waals surface area contributed by atoms with E-state index < -0.39 is 0 Å². The first kappa shape index (κ1) is 16.3. The number of nitrogens with one attached hydrogen (secondary N) is 2. The maximum atomic E-state index is 12.8. The average Bonchev–Trinajstić information content (AvgIpc) is 3.33. The highest BCUT2D eigenvalue weighted by molar-refractivity contribution is 5.93. The number of hydrogen-bond donors (Lipinski definition) is 2. The Balaban J connectivity index is 1.48. The van der Waals surface area contributed by atoms with Crippen LogP contribution in [0.15, 0.2) is 30.6 Å². The van der Waals surface area contributed by atoms with Crippen molar-refractivity contribution in [3.8, 4) is 5.69 Å². The van der Waals surface area contributed by atoms with E-state index in [2.05, 4.69) is 15.6 Å². The maximum Gasteiger partial charge on any atom is 0.229 e. The van der Waals surface area contributed by atoms with E-state index in [1.807, 2.05) is 49.0 Å². The van der Waals surface area contributed by atoms with E-state index in [0.29, 0.717) is 6.61 Å². The van der Waals surface area contributed by atoms with Gasteiger partial charge >= 0.3 is 0 Å². The van der Waals surface area contributed by atoms with Gasteiger partial charge in [0.2, 0.25) is 5.91 Å². The topological polar surface area (TPSA) is 68.2 Å². The molecule has 0 radical (unpaired) electrons. The van der Waals surface area contributed by atoms with Crippen molar-refractivity contribution in [2.24, 2.45) is 11.3 Å². The second kappa shape index (κ2) is 6.28. The SMILES string of the molecule is Cc1ncn(-c2ccc(NC(=O)C3CNCC34CCOC4)cc2)c1C. The highest BCUT2D eigenvalue weighted by Gasteiger charge is 2.49. The number of anilines is 1. The van der Waals surface area contributed by atoms with E-state index >= 15 is 0 Å². The quantitative estimate of drug-likeness (QED) is 0.897. The summed E-state index contributed by atoms with van der Waals surface area (Å²) in [6.07, 6.45) is 2.78. The highest BCUT2D eigenvalue weighted by atomic mass is 16.5. The summed E-state index contributed by atoms with van der Waals surface area (Å²) < 4.78 is 7.61. The van der Waals surface area contributed by atoms with Crippen LogP contribution in [0.3, 0.4) is 0 Å². The monoisotopic (exact) mass is 340 g/mol. The van der Waals surface area contributed by atoms with Gasteiger partial charge in [0.25, 0.3) is 0 Å². The minimum atomic E-state index is -0.0341. The Morgan fingerprint density at radius 1 is 1.36 bits per heavy atom. The number of nitrogens with zero attached hydrogens (tertiary/aromatic N) is 2. The number of carbonyl (C=O) groups is 1. The van der Waals surface area contributed by atoms with E-state index in [0.717, 1.165) is 48.9 Å². The number of imidazole rings is 1. The minimum Gasteiger partial charge on any atom is -0.381 e. The van der Waals surface area contributed by atoms with Gasteiger partial charge in [-0.05, 0) is 44.5 Å². The average molecular weight is 340 g/mol. The van der Waals surface area contributed by atoms with Gasteiger partial charge in [-0.1, -0.05) is 0 Å². The van der Waals surface area contributed by atoms with E-state index in [9.17, 15) is 4.79 Å². The Kier molecular flexibility index (Phi) is 4.09. The molecule has 2 fully saturated rings. The van der Waals surface area contributed by atoms with Gasteiger partial charge in [-0.15, -0.1) is 0 Å². The lowest BCUT2D eigenvalue weighted by molar-refractivity contribution is -0.122. The number of rotatable bonds is 3.